The number of halogens is 1. The van der Waals surface area contributed by atoms with Gasteiger partial charge in [-0.1, -0.05) is 64.1 Å². The lowest BCUT2D eigenvalue weighted by molar-refractivity contribution is 0.849. The third kappa shape index (κ3) is 3.25. The van der Waals surface area contributed by atoms with Crippen molar-refractivity contribution in [3.8, 4) is 11.4 Å². The van der Waals surface area contributed by atoms with Crippen LogP contribution in [0.4, 0.5) is 0 Å². The van der Waals surface area contributed by atoms with E-state index in [2.05, 4.69) is 43.2 Å². The molecule has 4 rings (SSSR count). The Hall–Kier alpha value is -2.38. The summed E-state index contributed by atoms with van der Waals surface area (Å²) in [7, 11) is 0. The highest BCUT2D eigenvalue weighted by Crippen LogP contribution is 2.29. The molecular weight excluding hydrogens is 398 g/mol. The van der Waals surface area contributed by atoms with E-state index in [1.165, 1.54) is 16.4 Å². The Morgan fingerprint density at radius 1 is 0.960 bits per heavy atom. The summed E-state index contributed by atoms with van der Waals surface area (Å²) in [6.45, 7) is 0. The molecule has 7 heteroatoms. The molecule has 0 aliphatic carbocycles. The van der Waals surface area contributed by atoms with Gasteiger partial charge in [0.25, 0.3) is 0 Å². The van der Waals surface area contributed by atoms with Crippen LogP contribution in [0.25, 0.3) is 22.3 Å². The number of hydrogen-bond donors (Lipinski definition) is 1. The largest absolute Gasteiger partial charge is 0.335 e. The maximum Gasteiger partial charge on any atom is 0.210 e. The summed E-state index contributed by atoms with van der Waals surface area (Å²) in [6.07, 6.45) is 0. The Bertz CT molecular complexity index is 1050. The van der Waals surface area contributed by atoms with Gasteiger partial charge in [0.1, 0.15) is 0 Å². The van der Waals surface area contributed by atoms with Crippen LogP contribution in [0, 0.1) is 0 Å². The smallest absolute Gasteiger partial charge is 0.210 e. The van der Waals surface area contributed by atoms with Crippen LogP contribution in [0.2, 0.25) is 0 Å². The van der Waals surface area contributed by atoms with E-state index in [4.69, 9.17) is 5.84 Å². The van der Waals surface area contributed by atoms with Gasteiger partial charge in [-0.25, -0.2) is 4.68 Å². The van der Waals surface area contributed by atoms with E-state index in [1.807, 2.05) is 48.5 Å². The van der Waals surface area contributed by atoms with E-state index in [0.29, 0.717) is 16.7 Å². The standard InChI is InChI=1S/C18H14BrN5S/c19-15-7-3-2-6-14(15)17-22-23-18(24(17)20)25-11-13-10-9-12-5-1-4-8-16(12)21-13/h1-10H,11,20H2. The molecular formula is C18H14BrN5S. The number of pyridine rings is 1. The van der Waals surface area contributed by atoms with Gasteiger partial charge < -0.3 is 5.84 Å². The number of benzene rings is 2. The Morgan fingerprint density at radius 2 is 1.76 bits per heavy atom. The zero-order chi connectivity index (χ0) is 17.2. The molecule has 0 amide bonds. The molecule has 0 fully saturated rings. The number of nitrogens with two attached hydrogens (primary N) is 1. The molecule has 0 unspecified atom stereocenters. The van der Waals surface area contributed by atoms with Gasteiger partial charge in [-0.05, 0) is 24.3 Å². The summed E-state index contributed by atoms with van der Waals surface area (Å²) in [5, 5.41) is 10.2. The lowest BCUT2D eigenvalue weighted by Gasteiger charge is -2.05. The second-order valence-electron chi connectivity index (χ2n) is 5.44. The van der Waals surface area contributed by atoms with Crippen LogP contribution in [-0.4, -0.2) is 19.9 Å². The van der Waals surface area contributed by atoms with Crippen LogP contribution >= 0.6 is 27.7 Å². The first-order valence-corrected chi connectivity index (χ1v) is 9.43. The Balaban J connectivity index is 1.56. The lowest BCUT2D eigenvalue weighted by Crippen LogP contribution is -2.11. The summed E-state index contributed by atoms with van der Waals surface area (Å²) < 4.78 is 2.45. The van der Waals surface area contributed by atoms with Crippen molar-refractivity contribution in [1.82, 2.24) is 19.9 Å². The van der Waals surface area contributed by atoms with Crippen molar-refractivity contribution in [3.63, 3.8) is 0 Å². The van der Waals surface area contributed by atoms with Crippen LogP contribution in [0.3, 0.4) is 0 Å². The van der Waals surface area contributed by atoms with Gasteiger partial charge in [0.05, 0.1) is 11.2 Å². The van der Waals surface area contributed by atoms with Gasteiger partial charge in [-0.2, -0.15) is 0 Å². The van der Waals surface area contributed by atoms with Crippen LogP contribution < -0.4 is 5.84 Å². The van der Waals surface area contributed by atoms with Crippen molar-refractivity contribution in [2.45, 2.75) is 10.9 Å². The summed E-state index contributed by atoms with van der Waals surface area (Å²) in [4.78, 5) is 4.67. The highest BCUT2D eigenvalue weighted by Gasteiger charge is 2.14. The Kier molecular flexibility index (Phi) is 4.42. The second-order valence-corrected chi connectivity index (χ2v) is 7.24. The monoisotopic (exact) mass is 411 g/mol. The maximum atomic E-state index is 6.19. The molecule has 2 N–H and O–H groups in total. The van der Waals surface area contributed by atoms with Crippen molar-refractivity contribution in [1.29, 1.82) is 0 Å². The van der Waals surface area contributed by atoms with E-state index in [0.717, 1.165) is 26.6 Å². The maximum absolute atomic E-state index is 6.19. The van der Waals surface area contributed by atoms with Gasteiger partial charge in [-0.3, -0.25) is 4.98 Å². The van der Waals surface area contributed by atoms with E-state index in [9.17, 15) is 0 Å². The molecule has 5 nitrogen and oxygen atoms in total. The third-order valence-corrected chi connectivity index (χ3v) is 5.45. The third-order valence-electron chi connectivity index (χ3n) is 3.78. The van der Waals surface area contributed by atoms with Crippen LogP contribution in [0.15, 0.2) is 70.3 Å². The molecule has 25 heavy (non-hydrogen) atoms. The SMILES string of the molecule is Nn1c(SCc2ccc3ccccc3n2)nnc1-c1ccccc1Br. The van der Waals surface area contributed by atoms with Crippen LogP contribution in [0.1, 0.15) is 5.69 Å². The molecule has 0 saturated heterocycles. The molecule has 124 valence electrons. The number of thioether (sulfide) groups is 1. The average molecular weight is 412 g/mol. The van der Waals surface area contributed by atoms with Crippen molar-refractivity contribution >= 4 is 38.6 Å². The number of nitrogen functional groups attached to an aromatic ring is 1. The number of para-hydroxylation sites is 1. The molecule has 4 aromatic rings. The molecule has 2 heterocycles. The summed E-state index contributed by atoms with van der Waals surface area (Å²) in [6, 6.07) is 20.0. The number of fused-ring (bicyclic) bond motifs is 1. The van der Waals surface area contributed by atoms with Crippen molar-refractivity contribution < 1.29 is 0 Å². The predicted octanol–water partition coefficient (Wildman–Crippen LogP) is 4.26. The van der Waals surface area contributed by atoms with Gasteiger partial charge in [0, 0.05) is 21.2 Å². The molecule has 0 bridgehead atoms. The first-order chi connectivity index (χ1) is 12.2. The van der Waals surface area contributed by atoms with E-state index in [-0.39, 0.29) is 0 Å². The minimum Gasteiger partial charge on any atom is -0.335 e. The molecule has 0 aliphatic heterocycles. The molecule has 0 saturated carbocycles. The molecule has 2 aromatic heterocycles. The van der Waals surface area contributed by atoms with E-state index >= 15 is 0 Å². The van der Waals surface area contributed by atoms with Crippen LogP contribution in [-0.2, 0) is 5.75 Å². The van der Waals surface area contributed by atoms with Crippen LogP contribution in [0.5, 0.6) is 0 Å². The number of hydrogen-bond acceptors (Lipinski definition) is 5. The highest BCUT2D eigenvalue weighted by molar-refractivity contribution is 9.10. The Labute approximate surface area is 157 Å². The zero-order valence-electron chi connectivity index (χ0n) is 13.1. The first kappa shape index (κ1) is 16.1. The zero-order valence-corrected chi connectivity index (χ0v) is 15.5. The average Bonchev–Trinajstić information content (AvgIpc) is 3.01. The van der Waals surface area contributed by atoms with Gasteiger partial charge >= 0.3 is 0 Å². The molecule has 2 aromatic carbocycles. The highest BCUT2D eigenvalue weighted by atomic mass is 79.9. The van der Waals surface area contributed by atoms with Gasteiger partial charge in [0.15, 0.2) is 5.82 Å². The fourth-order valence-corrected chi connectivity index (χ4v) is 3.75. The predicted molar refractivity (Wildman–Crippen MR) is 105 cm³/mol. The summed E-state index contributed by atoms with van der Waals surface area (Å²) >= 11 is 5.04. The molecule has 0 radical (unpaired) electrons. The van der Waals surface area contributed by atoms with E-state index < -0.39 is 0 Å². The molecule has 0 spiro atoms. The van der Waals surface area contributed by atoms with E-state index in [1.54, 1.807) is 0 Å². The second kappa shape index (κ2) is 6.85. The normalized spacial score (nSPS) is 11.1. The number of rotatable bonds is 4. The summed E-state index contributed by atoms with van der Waals surface area (Å²) in [5.74, 6) is 7.49. The topological polar surface area (TPSA) is 69.6 Å². The van der Waals surface area contributed by atoms with Crippen molar-refractivity contribution in [2.24, 2.45) is 0 Å². The van der Waals surface area contributed by atoms with Gasteiger partial charge in [-0.15, -0.1) is 10.2 Å². The number of aromatic nitrogens is 4. The van der Waals surface area contributed by atoms with Crippen molar-refractivity contribution in [2.75, 3.05) is 5.84 Å². The van der Waals surface area contributed by atoms with Gasteiger partial charge in [0.2, 0.25) is 5.16 Å². The lowest BCUT2D eigenvalue weighted by atomic mass is 10.2. The quantitative estimate of drug-likeness (QED) is 0.401. The summed E-state index contributed by atoms with van der Waals surface area (Å²) in [5.41, 5.74) is 2.88. The van der Waals surface area contributed by atoms with Crippen molar-refractivity contribution in [3.05, 3.63) is 70.8 Å². The minimum absolute atomic E-state index is 0.626. The minimum atomic E-state index is 0.626. The number of nitrogens with zero attached hydrogens (tertiary/aromatic N) is 4. The first-order valence-electron chi connectivity index (χ1n) is 7.65. The molecule has 0 atom stereocenters. The fraction of sp³-hybridized carbons (Fsp3) is 0.0556. The Morgan fingerprint density at radius 3 is 2.64 bits per heavy atom. The fourth-order valence-electron chi connectivity index (χ4n) is 2.53. The molecule has 0 aliphatic rings.